The number of piperidine rings is 1. The summed E-state index contributed by atoms with van der Waals surface area (Å²) in [5.41, 5.74) is 8.90. The molecule has 2 atom stereocenters. The Balaban J connectivity index is 0.00000192. The Kier molecular flexibility index (Phi) is 7.17. The molecule has 6 heteroatoms. The molecular weight excluding hydrogens is 378 g/mol. The molecule has 0 saturated carbocycles. The number of nitrogens with zero attached hydrogens (tertiary/aromatic N) is 2. The Morgan fingerprint density at radius 3 is 2.70 bits per heavy atom. The molecule has 2 unspecified atom stereocenters. The number of nitrogens with two attached hydrogens (primary N) is 1. The molecule has 0 spiro atoms. The minimum atomic E-state index is 0. The van der Waals surface area contributed by atoms with Crippen molar-refractivity contribution in [1.29, 1.82) is 0 Å². The van der Waals surface area contributed by atoms with E-state index in [0.717, 1.165) is 56.8 Å². The molecule has 1 aromatic carbocycles. The molecule has 2 N–H and O–H groups in total. The lowest BCUT2D eigenvalue weighted by atomic mass is 9.94. The highest BCUT2D eigenvalue weighted by atomic mass is 79.9. The standard InChI is InChI=1S/C17H26BrN3O.ClH/c1-13-11-20(5-4-16(13)19)12-14-2-3-15(18)10-17(14)21-6-8-22-9-7-21;/h2-3,10,13,16H,4-9,11-12,19H2,1H3;1H. The van der Waals surface area contributed by atoms with E-state index in [9.17, 15) is 0 Å². The highest BCUT2D eigenvalue weighted by molar-refractivity contribution is 9.10. The molecule has 2 aliphatic heterocycles. The van der Waals surface area contributed by atoms with Gasteiger partial charge in [0.15, 0.2) is 0 Å². The average Bonchev–Trinajstić information content (AvgIpc) is 2.53. The summed E-state index contributed by atoms with van der Waals surface area (Å²) in [6, 6.07) is 7.02. The first-order chi connectivity index (χ1) is 10.6. The SMILES string of the molecule is CC1CN(Cc2ccc(Br)cc2N2CCOCC2)CCC1N.Cl. The second-order valence-electron chi connectivity index (χ2n) is 6.54. The first-order valence-corrected chi connectivity index (χ1v) is 9.02. The quantitative estimate of drug-likeness (QED) is 0.841. The minimum absolute atomic E-state index is 0. The van der Waals surface area contributed by atoms with Crippen LogP contribution in [-0.2, 0) is 11.3 Å². The van der Waals surface area contributed by atoms with E-state index in [2.05, 4.69) is 50.9 Å². The van der Waals surface area contributed by atoms with Crippen LogP contribution in [0.3, 0.4) is 0 Å². The van der Waals surface area contributed by atoms with Crippen molar-refractivity contribution in [1.82, 2.24) is 4.90 Å². The van der Waals surface area contributed by atoms with Gasteiger partial charge in [-0.3, -0.25) is 4.90 Å². The van der Waals surface area contributed by atoms with Crippen LogP contribution in [0.5, 0.6) is 0 Å². The number of hydrogen-bond acceptors (Lipinski definition) is 4. The van der Waals surface area contributed by atoms with Gasteiger partial charge in [-0.1, -0.05) is 28.9 Å². The van der Waals surface area contributed by atoms with Crippen LogP contribution in [0.15, 0.2) is 22.7 Å². The van der Waals surface area contributed by atoms with E-state index in [0.29, 0.717) is 12.0 Å². The molecule has 4 nitrogen and oxygen atoms in total. The number of rotatable bonds is 3. The lowest BCUT2D eigenvalue weighted by Gasteiger charge is -2.36. The van der Waals surface area contributed by atoms with E-state index in [-0.39, 0.29) is 12.4 Å². The molecule has 0 aliphatic carbocycles. The van der Waals surface area contributed by atoms with Crippen LogP contribution in [0, 0.1) is 5.92 Å². The number of halogens is 2. The summed E-state index contributed by atoms with van der Waals surface area (Å²) in [5, 5.41) is 0. The Bertz CT molecular complexity index is 511. The molecular formula is C17H27BrClN3O. The van der Waals surface area contributed by atoms with Crippen LogP contribution >= 0.6 is 28.3 Å². The molecule has 0 aromatic heterocycles. The van der Waals surface area contributed by atoms with Crippen LogP contribution in [0.1, 0.15) is 18.9 Å². The second kappa shape index (κ2) is 8.67. The molecule has 130 valence electrons. The number of anilines is 1. The zero-order valence-electron chi connectivity index (χ0n) is 13.7. The highest BCUT2D eigenvalue weighted by Gasteiger charge is 2.24. The van der Waals surface area contributed by atoms with Gasteiger partial charge in [-0.2, -0.15) is 0 Å². The van der Waals surface area contributed by atoms with Crippen LogP contribution in [-0.4, -0.2) is 50.3 Å². The maximum Gasteiger partial charge on any atom is 0.0642 e. The highest BCUT2D eigenvalue weighted by Crippen LogP contribution is 2.28. The number of hydrogen-bond donors (Lipinski definition) is 1. The topological polar surface area (TPSA) is 41.7 Å². The van der Waals surface area contributed by atoms with Gasteiger partial charge in [0.1, 0.15) is 0 Å². The summed E-state index contributed by atoms with van der Waals surface area (Å²) in [6.07, 6.45) is 1.10. The van der Waals surface area contributed by atoms with Crippen molar-refractivity contribution in [2.45, 2.75) is 25.9 Å². The van der Waals surface area contributed by atoms with Gasteiger partial charge in [-0.05, 0) is 36.6 Å². The number of morpholine rings is 1. The lowest BCUT2D eigenvalue weighted by Crippen LogP contribution is -2.45. The summed E-state index contributed by atoms with van der Waals surface area (Å²) in [7, 11) is 0. The summed E-state index contributed by atoms with van der Waals surface area (Å²) >= 11 is 3.62. The molecule has 3 rings (SSSR count). The van der Waals surface area contributed by atoms with Gasteiger partial charge in [0, 0.05) is 42.4 Å². The summed E-state index contributed by atoms with van der Waals surface area (Å²) in [5.74, 6) is 0.580. The van der Waals surface area contributed by atoms with Crippen LogP contribution in [0.2, 0.25) is 0 Å². The third-order valence-corrected chi connectivity index (χ3v) is 5.34. The Morgan fingerprint density at radius 1 is 1.26 bits per heavy atom. The largest absolute Gasteiger partial charge is 0.378 e. The average molecular weight is 405 g/mol. The van der Waals surface area contributed by atoms with E-state index < -0.39 is 0 Å². The minimum Gasteiger partial charge on any atom is -0.378 e. The number of ether oxygens (including phenoxy) is 1. The zero-order valence-corrected chi connectivity index (χ0v) is 16.1. The van der Waals surface area contributed by atoms with Crippen molar-refractivity contribution in [2.75, 3.05) is 44.3 Å². The van der Waals surface area contributed by atoms with E-state index in [1.807, 2.05) is 0 Å². The van der Waals surface area contributed by atoms with E-state index in [1.165, 1.54) is 11.3 Å². The van der Waals surface area contributed by atoms with Crippen molar-refractivity contribution in [3.8, 4) is 0 Å². The first-order valence-electron chi connectivity index (χ1n) is 8.22. The van der Waals surface area contributed by atoms with Crippen molar-refractivity contribution < 1.29 is 4.74 Å². The molecule has 0 bridgehead atoms. The fourth-order valence-electron chi connectivity index (χ4n) is 3.40. The first kappa shape index (κ1) is 19.0. The maximum absolute atomic E-state index is 6.15. The van der Waals surface area contributed by atoms with Crippen LogP contribution in [0.4, 0.5) is 5.69 Å². The van der Waals surface area contributed by atoms with Crippen LogP contribution in [0.25, 0.3) is 0 Å². The van der Waals surface area contributed by atoms with Gasteiger partial charge < -0.3 is 15.4 Å². The normalized spacial score (nSPS) is 26.0. The molecule has 23 heavy (non-hydrogen) atoms. The molecule has 1 aromatic rings. The predicted molar refractivity (Wildman–Crippen MR) is 101 cm³/mol. The monoisotopic (exact) mass is 403 g/mol. The van der Waals surface area contributed by atoms with E-state index in [4.69, 9.17) is 10.5 Å². The Morgan fingerprint density at radius 2 is 2.00 bits per heavy atom. The maximum atomic E-state index is 6.15. The Labute approximate surface area is 153 Å². The zero-order chi connectivity index (χ0) is 15.5. The third-order valence-electron chi connectivity index (χ3n) is 4.85. The summed E-state index contributed by atoms with van der Waals surface area (Å²) < 4.78 is 6.63. The molecule has 2 heterocycles. The van der Waals surface area contributed by atoms with Gasteiger partial charge in [0.25, 0.3) is 0 Å². The van der Waals surface area contributed by atoms with Crippen LogP contribution < -0.4 is 10.6 Å². The second-order valence-corrected chi connectivity index (χ2v) is 7.45. The van der Waals surface area contributed by atoms with Crippen molar-refractivity contribution in [3.05, 3.63) is 28.2 Å². The molecule has 0 radical (unpaired) electrons. The summed E-state index contributed by atoms with van der Waals surface area (Å²) in [4.78, 5) is 4.99. The number of benzene rings is 1. The summed E-state index contributed by atoms with van der Waals surface area (Å²) in [6.45, 7) is 9.07. The Hall–Kier alpha value is -0.330. The molecule has 2 aliphatic rings. The fraction of sp³-hybridized carbons (Fsp3) is 0.647. The molecule has 0 amide bonds. The number of likely N-dealkylation sites (tertiary alicyclic amines) is 1. The molecule has 2 fully saturated rings. The van der Waals surface area contributed by atoms with E-state index >= 15 is 0 Å². The van der Waals surface area contributed by atoms with Crippen molar-refractivity contribution in [2.24, 2.45) is 11.7 Å². The van der Waals surface area contributed by atoms with Crippen molar-refractivity contribution in [3.63, 3.8) is 0 Å². The van der Waals surface area contributed by atoms with Gasteiger partial charge in [-0.25, -0.2) is 0 Å². The third kappa shape index (κ3) is 4.83. The van der Waals surface area contributed by atoms with Gasteiger partial charge in [-0.15, -0.1) is 12.4 Å². The lowest BCUT2D eigenvalue weighted by molar-refractivity contribution is 0.122. The smallest absolute Gasteiger partial charge is 0.0642 e. The van der Waals surface area contributed by atoms with Gasteiger partial charge in [0.2, 0.25) is 0 Å². The van der Waals surface area contributed by atoms with Gasteiger partial charge >= 0.3 is 0 Å². The fourth-order valence-corrected chi connectivity index (χ4v) is 3.75. The van der Waals surface area contributed by atoms with Gasteiger partial charge in [0.05, 0.1) is 13.2 Å². The van der Waals surface area contributed by atoms with E-state index in [1.54, 1.807) is 0 Å². The molecule has 2 saturated heterocycles. The van der Waals surface area contributed by atoms with Crippen molar-refractivity contribution >= 4 is 34.0 Å². The predicted octanol–water partition coefficient (Wildman–Crippen LogP) is 2.88.